The lowest BCUT2D eigenvalue weighted by molar-refractivity contribution is 0.0134. The van der Waals surface area contributed by atoms with Gasteiger partial charge in [0.25, 0.3) is 0 Å². The molecule has 142 valence electrons. The summed E-state index contributed by atoms with van der Waals surface area (Å²) in [4.78, 5) is 14.1. The number of methoxy groups -OCH3 is 1. The van der Waals surface area contributed by atoms with Gasteiger partial charge < -0.3 is 9.47 Å². The van der Waals surface area contributed by atoms with Crippen molar-refractivity contribution in [3.63, 3.8) is 0 Å². The highest BCUT2D eigenvalue weighted by Gasteiger charge is 2.27. The monoisotopic (exact) mass is 390 g/mol. The van der Waals surface area contributed by atoms with Gasteiger partial charge in [-0.25, -0.2) is 17.9 Å². The third-order valence-electron chi connectivity index (χ3n) is 4.10. The number of carbonyl (C=O) groups excluding carboxylic acids is 1. The van der Waals surface area contributed by atoms with E-state index in [2.05, 4.69) is 28.2 Å². The number of hydrogen-bond donors (Lipinski definition) is 1. The summed E-state index contributed by atoms with van der Waals surface area (Å²) >= 11 is 1.06. The van der Waals surface area contributed by atoms with E-state index in [1.54, 1.807) is 5.38 Å². The van der Waals surface area contributed by atoms with Gasteiger partial charge in [0.2, 0.25) is 10.0 Å². The Labute approximate surface area is 153 Å². The number of ether oxygens (including phenoxy) is 2. The molecule has 1 aromatic heterocycles. The lowest BCUT2D eigenvalue weighted by Crippen LogP contribution is -2.49. The molecule has 0 aromatic carbocycles. The Morgan fingerprint density at radius 3 is 2.68 bits per heavy atom. The van der Waals surface area contributed by atoms with Gasteiger partial charge in [-0.15, -0.1) is 11.3 Å². The van der Waals surface area contributed by atoms with E-state index in [1.165, 1.54) is 13.2 Å². The maximum Gasteiger partial charge on any atom is 0.349 e. The molecule has 2 heterocycles. The van der Waals surface area contributed by atoms with Crippen LogP contribution in [0.5, 0.6) is 0 Å². The van der Waals surface area contributed by atoms with Gasteiger partial charge in [0.15, 0.2) is 0 Å². The summed E-state index contributed by atoms with van der Waals surface area (Å²) in [5.74, 6) is -0.189. The Balaban J connectivity index is 2.10. The topological polar surface area (TPSA) is 84.9 Å². The predicted molar refractivity (Wildman–Crippen MR) is 96.5 cm³/mol. The molecule has 2 rings (SSSR count). The van der Waals surface area contributed by atoms with Gasteiger partial charge >= 0.3 is 5.97 Å². The van der Waals surface area contributed by atoms with Crippen LogP contribution in [0.1, 0.15) is 29.9 Å². The molecule has 1 aromatic rings. The van der Waals surface area contributed by atoms with Crippen LogP contribution < -0.4 is 4.72 Å². The maximum absolute atomic E-state index is 12.7. The second-order valence-corrected chi connectivity index (χ2v) is 9.04. The van der Waals surface area contributed by atoms with Crippen molar-refractivity contribution in [3.8, 4) is 0 Å². The molecule has 1 aliphatic heterocycles. The fourth-order valence-electron chi connectivity index (χ4n) is 2.88. The minimum Gasteiger partial charge on any atom is -0.465 e. The molecular formula is C16H26N2O5S2. The summed E-state index contributed by atoms with van der Waals surface area (Å²) in [7, 11) is -2.53. The Kier molecular flexibility index (Phi) is 7.38. The first kappa shape index (κ1) is 20.3. The van der Waals surface area contributed by atoms with Crippen LogP contribution in [0.3, 0.4) is 0 Å². The number of nitrogens with one attached hydrogen (secondary N) is 1. The van der Waals surface area contributed by atoms with Crippen LogP contribution in [0.4, 0.5) is 0 Å². The lowest BCUT2D eigenvalue weighted by atomic mass is 10.0. The average molecular weight is 391 g/mol. The van der Waals surface area contributed by atoms with Crippen molar-refractivity contribution in [2.24, 2.45) is 5.92 Å². The number of nitrogens with zero attached hydrogens (tertiary/aromatic N) is 1. The fraction of sp³-hybridized carbons (Fsp3) is 0.688. The molecule has 0 bridgehead atoms. The summed E-state index contributed by atoms with van der Waals surface area (Å²) < 4.78 is 38.0. The maximum atomic E-state index is 12.7. The van der Waals surface area contributed by atoms with E-state index in [4.69, 9.17) is 4.74 Å². The molecule has 1 atom stereocenters. The Morgan fingerprint density at radius 2 is 2.08 bits per heavy atom. The number of rotatable bonds is 8. The van der Waals surface area contributed by atoms with E-state index >= 15 is 0 Å². The number of esters is 1. The molecule has 25 heavy (non-hydrogen) atoms. The van der Waals surface area contributed by atoms with E-state index in [9.17, 15) is 13.2 Å². The molecular weight excluding hydrogens is 364 g/mol. The molecule has 0 aliphatic carbocycles. The molecule has 1 fully saturated rings. The molecule has 1 saturated heterocycles. The van der Waals surface area contributed by atoms with E-state index in [1.807, 2.05) is 0 Å². The minimum atomic E-state index is -3.77. The zero-order chi connectivity index (χ0) is 18.4. The van der Waals surface area contributed by atoms with Crippen LogP contribution in [0.2, 0.25) is 0 Å². The van der Waals surface area contributed by atoms with E-state index in [-0.39, 0.29) is 15.8 Å². The quantitative estimate of drug-likeness (QED) is 0.678. The highest BCUT2D eigenvalue weighted by atomic mass is 32.2. The van der Waals surface area contributed by atoms with Gasteiger partial charge in [-0.3, -0.25) is 4.90 Å². The third-order valence-corrected chi connectivity index (χ3v) is 6.59. The highest BCUT2D eigenvalue weighted by Crippen LogP contribution is 2.23. The van der Waals surface area contributed by atoms with Crippen molar-refractivity contribution in [3.05, 3.63) is 16.3 Å². The second kappa shape index (κ2) is 9.09. The van der Waals surface area contributed by atoms with E-state index in [0.717, 1.165) is 30.8 Å². The number of morpholine rings is 1. The number of thiophene rings is 1. The highest BCUT2D eigenvalue weighted by molar-refractivity contribution is 7.89. The minimum absolute atomic E-state index is 0.0189. The first-order valence-corrected chi connectivity index (χ1v) is 10.7. The van der Waals surface area contributed by atoms with Crippen molar-refractivity contribution >= 4 is 27.3 Å². The normalized spacial score (nSPS) is 17.6. The fourth-order valence-corrected chi connectivity index (χ4v) is 5.29. The van der Waals surface area contributed by atoms with Crippen molar-refractivity contribution in [1.82, 2.24) is 9.62 Å². The third kappa shape index (κ3) is 5.49. The summed E-state index contributed by atoms with van der Waals surface area (Å²) in [5, 5.41) is 1.58. The molecule has 0 radical (unpaired) electrons. The van der Waals surface area contributed by atoms with Crippen LogP contribution in [0, 0.1) is 5.92 Å². The van der Waals surface area contributed by atoms with Gasteiger partial charge in [0, 0.05) is 25.7 Å². The zero-order valence-electron chi connectivity index (χ0n) is 14.9. The van der Waals surface area contributed by atoms with Crippen molar-refractivity contribution in [1.29, 1.82) is 0 Å². The average Bonchev–Trinajstić information content (AvgIpc) is 3.09. The number of carbonyl (C=O) groups is 1. The Morgan fingerprint density at radius 1 is 1.40 bits per heavy atom. The molecule has 0 spiro atoms. The van der Waals surface area contributed by atoms with Gasteiger partial charge in [-0.1, -0.05) is 13.8 Å². The summed E-state index contributed by atoms with van der Waals surface area (Å²) in [6.07, 6.45) is 0.885. The second-order valence-electron chi connectivity index (χ2n) is 6.39. The molecule has 0 amide bonds. The molecule has 0 saturated carbocycles. The number of hydrogen-bond acceptors (Lipinski definition) is 7. The largest absolute Gasteiger partial charge is 0.465 e. The molecule has 1 N–H and O–H groups in total. The molecule has 9 heteroatoms. The smallest absolute Gasteiger partial charge is 0.349 e. The summed E-state index contributed by atoms with van der Waals surface area (Å²) in [6, 6.07) is 1.53. The van der Waals surface area contributed by atoms with Crippen LogP contribution in [0.25, 0.3) is 0 Å². The van der Waals surface area contributed by atoms with E-state index in [0.29, 0.717) is 25.7 Å². The number of sulfonamides is 1. The van der Waals surface area contributed by atoms with Gasteiger partial charge in [-0.05, 0) is 23.8 Å². The Bertz CT molecular complexity index is 666. The molecule has 7 nitrogen and oxygen atoms in total. The van der Waals surface area contributed by atoms with Crippen LogP contribution in [-0.2, 0) is 19.5 Å². The van der Waals surface area contributed by atoms with Gasteiger partial charge in [-0.2, -0.15) is 0 Å². The SMILES string of the molecule is COC(=O)c1sccc1S(=O)(=O)NC[C@H](CC(C)C)N1CCOCC1. The zero-order valence-corrected chi connectivity index (χ0v) is 16.5. The van der Waals surface area contributed by atoms with Crippen LogP contribution in [-0.4, -0.2) is 65.3 Å². The molecule has 1 aliphatic rings. The summed E-state index contributed by atoms with van der Waals surface area (Å²) in [6.45, 7) is 7.47. The van der Waals surface area contributed by atoms with Crippen molar-refractivity contribution < 1.29 is 22.7 Å². The van der Waals surface area contributed by atoms with Crippen molar-refractivity contribution in [2.45, 2.75) is 31.2 Å². The van der Waals surface area contributed by atoms with Gasteiger partial charge in [0.1, 0.15) is 9.77 Å². The Hall–Kier alpha value is -1.00. The lowest BCUT2D eigenvalue weighted by Gasteiger charge is -2.35. The van der Waals surface area contributed by atoms with E-state index < -0.39 is 16.0 Å². The van der Waals surface area contributed by atoms with Crippen LogP contribution in [0.15, 0.2) is 16.3 Å². The molecule has 0 unspecified atom stereocenters. The first-order valence-electron chi connectivity index (χ1n) is 8.32. The standard InChI is InChI=1S/C16H26N2O5S2/c1-12(2)10-13(18-5-7-23-8-6-18)11-17-25(20,21)14-4-9-24-15(14)16(19)22-3/h4,9,12-13,17H,5-8,10-11H2,1-3H3/t13-/m0/s1. The van der Waals surface area contributed by atoms with Gasteiger partial charge in [0.05, 0.1) is 20.3 Å². The van der Waals surface area contributed by atoms with Crippen LogP contribution >= 0.6 is 11.3 Å². The predicted octanol–water partition coefficient (Wildman–Crippen LogP) is 1.56. The van der Waals surface area contributed by atoms with Crippen molar-refractivity contribution in [2.75, 3.05) is 40.0 Å². The first-order chi connectivity index (χ1) is 11.8. The summed E-state index contributed by atoms with van der Waals surface area (Å²) in [5.41, 5.74) is 0.